The first-order valence-corrected chi connectivity index (χ1v) is 6.97. The van der Waals surface area contributed by atoms with Crippen LogP contribution in [0.3, 0.4) is 0 Å². The van der Waals surface area contributed by atoms with Crippen molar-refractivity contribution in [3.63, 3.8) is 0 Å². The molecule has 1 heterocycles. The van der Waals surface area contributed by atoms with E-state index in [0.717, 1.165) is 5.56 Å². The first-order valence-electron chi connectivity index (χ1n) is 5.54. The Hall–Kier alpha value is -1.07. The van der Waals surface area contributed by atoms with Crippen LogP contribution in [0.25, 0.3) is 0 Å². The fourth-order valence-electron chi connectivity index (χ4n) is 1.66. The molecule has 6 heteroatoms. The SMILES string of the molecule is CCC(SCc1cc(Cl)c2c(c1)OCO2)C(=O)O. The maximum Gasteiger partial charge on any atom is 0.316 e. The zero-order valence-corrected chi connectivity index (χ0v) is 11.4. The summed E-state index contributed by atoms with van der Waals surface area (Å²) in [6.07, 6.45) is 0.596. The lowest BCUT2D eigenvalue weighted by molar-refractivity contribution is -0.136. The summed E-state index contributed by atoms with van der Waals surface area (Å²) in [6, 6.07) is 3.63. The summed E-state index contributed by atoms with van der Waals surface area (Å²) in [4.78, 5) is 10.9. The van der Waals surface area contributed by atoms with E-state index in [1.807, 2.05) is 13.0 Å². The van der Waals surface area contributed by atoms with Crippen LogP contribution in [0.2, 0.25) is 5.02 Å². The Morgan fingerprint density at radius 1 is 1.56 bits per heavy atom. The molecule has 18 heavy (non-hydrogen) atoms. The van der Waals surface area contributed by atoms with Gasteiger partial charge in [0.05, 0.1) is 5.02 Å². The summed E-state index contributed by atoms with van der Waals surface area (Å²) in [7, 11) is 0. The Morgan fingerprint density at radius 3 is 3.00 bits per heavy atom. The van der Waals surface area contributed by atoms with Gasteiger partial charge in [-0.15, -0.1) is 11.8 Å². The standard InChI is InChI=1S/C12H13ClO4S/c1-2-10(12(14)15)18-5-7-3-8(13)11-9(4-7)16-6-17-11/h3-4,10H,2,5-6H2,1H3,(H,14,15). The van der Waals surface area contributed by atoms with Gasteiger partial charge in [0.25, 0.3) is 0 Å². The Bertz CT molecular complexity index is 464. The van der Waals surface area contributed by atoms with Gasteiger partial charge in [-0.25, -0.2) is 0 Å². The Morgan fingerprint density at radius 2 is 2.33 bits per heavy atom. The number of hydrogen-bond donors (Lipinski definition) is 1. The van der Waals surface area contributed by atoms with Crippen LogP contribution in [0.4, 0.5) is 0 Å². The highest BCUT2D eigenvalue weighted by Gasteiger charge is 2.20. The second-order valence-corrected chi connectivity index (χ2v) is 5.46. The molecule has 1 aliphatic heterocycles. The third-order valence-electron chi connectivity index (χ3n) is 2.58. The molecule has 1 aromatic rings. The summed E-state index contributed by atoms with van der Waals surface area (Å²) in [5.41, 5.74) is 0.939. The highest BCUT2D eigenvalue weighted by molar-refractivity contribution is 7.99. The van der Waals surface area contributed by atoms with Crippen LogP contribution in [-0.4, -0.2) is 23.1 Å². The molecule has 0 bridgehead atoms. The van der Waals surface area contributed by atoms with Gasteiger partial charge >= 0.3 is 5.97 Å². The zero-order valence-electron chi connectivity index (χ0n) is 9.81. The molecule has 1 N–H and O–H groups in total. The average molecular weight is 289 g/mol. The van der Waals surface area contributed by atoms with Crippen molar-refractivity contribution in [2.45, 2.75) is 24.3 Å². The van der Waals surface area contributed by atoms with Crippen molar-refractivity contribution in [3.05, 3.63) is 22.7 Å². The van der Waals surface area contributed by atoms with Crippen LogP contribution in [0.5, 0.6) is 11.5 Å². The van der Waals surface area contributed by atoms with Crippen LogP contribution in [0, 0.1) is 0 Å². The summed E-state index contributed by atoms with van der Waals surface area (Å²) in [6.45, 7) is 2.04. The predicted molar refractivity (Wildman–Crippen MR) is 70.6 cm³/mol. The average Bonchev–Trinajstić information content (AvgIpc) is 2.78. The number of carbonyl (C=O) groups is 1. The lowest BCUT2D eigenvalue weighted by Gasteiger charge is -2.10. The minimum atomic E-state index is -0.783. The molecular formula is C12H13ClO4S. The molecule has 0 saturated heterocycles. The van der Waals surface area contributed by atoms with E-state index in [-0.39, 0.29) is 6.79 Å². The Labute approximate surface area is 114 Å². The molecule has 0 spiro atoms. The van der Waals surface area contributed by atoms with E-state index in [0.29, 0.717) is 28.7 Å². The van der Waals surface area contributed by atoms with Crippen molar-refractivity contribution in [2.24, 2.45) is 0 Å². The van der Waals surface area contributed by atoms with Crippen molar-refractivity contribution >= 4 is 29.3 Å². The van der Waals surface area contributed by atoms with E-state index in [9.17, 15) is 4.79 Å². The second kappa shape index (κ2) is 5.71. The summed E-state index contributed by atoms with van der Waals surface area (Å²) in [5, 5.41) is 9.08. The van der Waals surface area contributed by atoms with Crippen molar-refractivity contribution in [2.75, 3.05) is 6.79 Å². The van der Waals surface area contributed by atoms with Gasteiger partial charge in [0.15, 0.2) is 11.5 Å². The summed E-state index contributed by atoms with van der Waals surface area (Å²) in [5.74, 6) is 0.993. The molecule has 1 unspecified atom stereocenters. The predicted octanol–water partition coefficient (Wildman–Crippen LogP) is 3.17. The van der Waals surface area contributed by atoms with Gasteiger partial charge in [-0.05, 0) is 24.1 Å². The number of halogens is 1. The van der Waals surface area contributed by atoms with Gasteiger partial charge in [0, 0.05) is 5.75 Å². The molecule has 1 aromatic carbocycles. The second-order valence-electron chi connectivity index (χ2n) is 3.86. The molecule has 98 valence electrons. The number of fused-ring (bicyclic) bond motifs is 1. The van der Waals surface area contributed by atoms with Gasteiger partial charge in [-0.1, -0.05) is 18.5 Å². The third kappa shape index (κ3) is 2.84. The molecule has 4 nitrogen and oxygen atoms in total. The lowest BCUT2D eigenvalue weighted by Crippen LogP contribution is -2.15. The lowest BCUT2D eigenvalue weighted by atomic mass is 10.2. The normalized spacial score (nSPS) is 14.6. The molecule has 0 aliphatic carbocycles. The summed E-state index contributed by atoms with van der Waals surface area (Å²) >= 11 is 7.44. The quantitative estimate of drug-likeness (QED) is 0.902. The van der Waals surface area contributed by atoms with Crippen molar-refractivity contribution in [1.29, 1.82) is 0 Å². The fraction of sp³-hybridized carbons (Fsp3) is 0.417. The van der Waals surface area contributed by atoms with Crippen LogP contribution >= 0.6 is 23.4 Å². The van der Waals surface area contributed by atoms with E-state index >= 15 is 0 Å². The molecule has 2 rings (SSSR count). The van der Waals surface area contributed by atoms with Crippen LogP contribution in [0.1, 0.15) is 18.9 Å². The highest BCUT2D eigenvalue weighted by atomic mass is 35.5. The molecule has 0 radical (unpaired) electrons. The van der Waals surface area contributed by atoms with E-state index in [2.05, 4.69) is 0 Å². The van der Waals surface area contributed by atoms with E-state index in [4.69, 9.17) is 26.2 Å². The number of thioether (sulfide) groups is 1. The van der Waals surface area contributed by atoms with E-state index in [1.165, 1.54) is 11.8 Å². The molecule has 1 aliphatic rings. The fourth-order valence-corrected chi connectivity index (χ4v) is 2.89. The van der Waals surface area contributed by atoms with Crippen molar-refractivity contribution in [1.82, 2.24) is 0 Å². The molecule has 0 amide bonds. The van der Waals surface area contributed by atoms with Gasteiger partial charge in [-0.3, -0.25) is 4.79 Å². The maximum absolute atomic E-state index is 10.9. The first-order chi connectivity index (χ1) is 8.61. The number of benzene rings is 1. The Balaban J connectivity index is 2.06. The van der Waals surface area contributed by atoms with Crippen LogP contribution in [0.15, 0.2) is 12.1 Å². The number of hydrogen-bond acceptors (Lipinski definition) is 4. The molecule has 0 fully saturated rings. The molecule has 1 atom stereocenters. The molecule has 0 saturated carbocycles. The van der Waals surface area contributed by atoms with E-state index < -0.39 is 11.2 Å². The Kier molecular flexibility index (Phi) is 4.24. The van der Waals surface area contributed by atoms with Gasteiger partial charge in [-0.2, -0.15) is 0 Å². The molecular weight excluding hydrogens is 276 g/mol. The number of carboxylic acid groups (broad SMARTS) is 1. The third-order valence-corrected chi connectivity index (χ3v) is 4.30. The van der Waals surface area contributed by atoms with Gasteiger partial charge in [0.1, 0.15) is 5.25 Å². The zero-order chi connectivity index (χ0) is 13.1. The number of rotatable bonds is 5. The van der Waals surface area contributed by atoms with Gasteiger partial charge < -0.3 is 14.6 Å². The minimum Gasteiger partial charge on any atom is -0.480 e. The van der Waals surface area contributed by atoms with Crippen molar-refractivity contribution in [3.8, 4) is 11.5 Å². The minimum absolute atomic E-state index is 0.179. The molecule has 0 aromatic heterocycles. The highest BCUT2D eigenvalue weighted by Crippen LogP contribution is 2.40. The number of aliphatic carboxylic acids is 1. The number of ether oxygens (including phenoxy) is 2. The van der Waals surface area contributed by atoms with Gasteiger partial charge in [0.2, 0.25) is 6.79 Å². The maximum atomic E-state index is 10.9. The van der Waals surface area contributed by atoms with Crippen molar-refractivity contribution < 1.29 is 19.4 Å². The smallest absolute Gasteiger partial charge is 0.316 e. The van der Waals surface area contributed by atoms with Crippen LogP contribution in [-0.2, 0) is 10.5 Å². The largest absolute Gasteiger partial charge is 0.480 e. The van der Waals surface area contributed by atoms with Crippen LogP contribution < -0.4 is 9.47 Å². The van der Waals surface area contributed by atoms with E-state index in [1.54, 1.807) is 6.07 Å². The topological polar surface area (TPSA) is 55.8 Å². The first kappa shape index (κ1) is 13.4. The summed E-state index contributed by atoms with van der Waals surface area (Å²) < 4.78 is 10.5. The monoisotopic (exact) mass is 288 g/mol. The number of carboxylic acids is 1.